The number of amides is 2. The SMILES string of the molecule is CC(=O)/N=C1/Nc2c(OCCN)cccc2O/C1=C/N[C@H]1CC[C@H](C(=O)NCCCNC(=N)N)CC1. The summed E-state index contributed by atoms with van der Waals surface area (Å²) in [4.78, 5) is 28.2. The van der Waals surface area contributed by atoms with Gasteiger partial charge in [-0.05, 0) is 44.2 Å². The van der Waals surface area contributed by atoms with Crippen LogP contribution in [0.25, 0.3) is 0 Å². The van der Waals surface area contributed by atoms with Crippen molar-refractivity contribution in [2.45, 2.75) is 45.1 Å². The molecule has 2 aliphatic rings. The largest absolute Gasteiger partial charge is 0.490 e. The number of nitrogens with one attached hydrogen (secondary N) is 5. The Bertz CT molecular complexity index is 1000. The Morgan fingerprint density at radius 1 is 1.25 bits per heavy atom. The molecule has 2 amide bonds. The van der Waals surface area contributed by atoms with Gasteiger partial charge in [-0.15, -0.1) is 0 Å². The van der Waals surface area contributed by atoms with Gasteiger partial charge in [-0.2, -0.15) is 4.99 Å². The van der Waals surface area contributed by atoms with Gasteiger partial charge in [0.25, 0.3) is 0 Å². The summed E-state index contributed by atoms with van der Waals surface area (Å²) >= 11 is 0. The van der Waals surface area contributed by atoms with Crippen LogP contribution in [0.2, 0.25) is 0 Å². The van der Waals surface area contributed by atoms with Gasteiger partial charge in [-0.25, -0.2) is 0 Å². The zero-order valence-electron chi connectivity index (χ0n) is 20.6. The second kappa shape index (κ2) is 13.3. The number of hydrogen-bond donors (Lipinski definition) is 7. The second-order valence-corrected chi connectivity index (χ2v) is 8.68. The van der Waals surface area contributed by atoms with E-state index in [9.17, 15) is 9.59 Å². The number of nitrogens with zero attached hydrogens (tertiary/aromatic N) is 1. The molecular formula is C24H36N8O4. The smallest absolute Gasteiger partial charge is 0.244 e. The van der Waals surface area contributed by atoms with Crippen molar-refractivity contribution < 1.29 is 19.1 Å². The monoisotopic (exact) mass is 500 g/mol. The molecule has 1 heterocycles. The van der Waals surface area contributed by atoms with Crippen LogP contribution in [0.5, 0.6) is 11.5 Å². The number of guanidine groups is 1. The Morgan fingerprint density at radius 2 is 2.00 bits per heavy atom. The van der Waals surface area contributed by atoms with Gasteiger partial charge in [0.15, 0.2) is 23.3 Å². The van der Waals surface area contributed by atoms with E-state index in [0.717, 1.165) is 25.7 Å². The number of ether oxygens (including phenoxy) is 2. The van der Waals surface area contributed by atoms with Gasteiger partial charge >= 0.3 is 0 Å². The minimum Gasteiger partial charge on any atom is -0.490 e. The van der Waals surface area contributed by atoms with Crippen LogP contribution in [0.4, 0.5) is 5.69 Å². The summed E-state index contributed by atoms with van der Waals surface area (Å²) in [6.45, 7) is 3.19. The minimum atomic E-state index is -0.362. The lowest BCUT2D eigenvalue weighted by Crippen LogP contribution is -2.39. The van der Waals surface area contributed by atoms with E-state index < -0.39 is 0 Å². The maximum absolute atomic E-state index is 12.4. The maximum Gasteiger partial charge on any atom is 0.244 e. The molecule has 0 aromatic heterocycles. The molecule has 1 aromatic carbocycles. The van der Waals surface area contributed by atoms with Crippen LogP contribution < -0.4 is 42.2 Å². The van der Waals surface area contributed by atoms with Crippen LogP contribution >= 0.6 is 0 Å². The van der Waals surface area contributed by atoms with Crippen molar-refractivity contribution in [1.82, 2.24) is 16.0 Å². The molecular weight excluding hydrogens is 464 g/mol. The number of carbonyl (C=O) groups is 2. The van der Waals surface area contributed by atoms with Gasteiger partial charge in [-0.1, -0.05) is 6.07 Å². The predicted octanol–water partition coefficient (Wildman–Crippen LogP) is 0.753. The van der Waals surface area contributed by atoms with E-state index in [1.54, 1.807) is 18.3 Å². The fourth-order valence-electron chi connectivity index (χ4n) is 4.08. The standard InChI is InChI=1S/C24H36N8O4/c1-15(33)31-22-20(36-19-5-2-4-18(21(19)32-22)35-13-10-25)14-30-17-8-6-16(7-9-17)23(34)28-11-3-12-29-24(26)27/h2,4-5,14,16-17,30H,3,6-13,25H2,1H3,(H,28,34)(H4,26,27,29)(H,31,32,33)/b20-14+/t16-,17-. The summed E-state index contributed by atoms with van der Waals surface area (Å²) in [5.74, 6) is 1.42. The highest BCUT2D eigenvalue weighted by atomic mass is 16.5. The lowest BCUT2D eigenvalue weighted by molar-refractivity contribution is -0.126. The molecule has 196 valence electrons. The minimum absolute atomic E-state index is 0.0160. The van der Waals surface area contributed by atoms with Gasteiger partial charge in [0.2, 0.25) is 11.8 Å². The highest BCUT2D eigenvalue weighted by Gasteiger charge is 2.27. The van der Waals surface area contributed by atoms with Crippen molar-refractivity contribution >= 4 is 29.3 Å². The number of nitrogens with two attached hydrogens (primary N) is 2. The summed E-state index contributed by atoms with van der Waals surface area (Å²) < 4.78 is 11.7. The lowest BCUT2D eigenvalue weighted by atomic mass is 9.85. The third kappa shape index (κ3) is 7.87. The molecule has 9 N–H and O–H groups in total. The first-order valence-electron chi connectivity index (χ1n) is 12.2. The average molecular weight is 501 g/mol. The number of anilines is 1. The van der Waals surface area contributed by atoms with Crippen molar-refractivity contribution in [2.75, 3.05) is 31.6 Å². The van der Waals surface area contributed by atoms with E-state index in [4.69, 9.17) is 26.4 Å². The number of amidine groups is 1. The molecule has 0 spiro atoms. The molecule has 1 saturated carbocycles. The molecule has 1 aromatic rings. The van der Waals surface area contributed by atoms with Crippen molar-refractivity contribution in [3.8, 4) is 11.5 Å². The number of benzene rings is 1. The molecule has 1 aliphatic carbocycles. The number of rotatable bonds is 10. The maximum atomic E-state index is 12.4. The second-order valence-electron chi connectivity index (χ2n) is 8.68. The van der Waals surface area contributed by atoms with Crippen LogP contribution in [0.3, 0.4) is 0 Å². The Kier molecular flexibility index (Phi) is 9.92. The number of para-hydroxylation sites is 1. The number of hydrogen-bond acceptors (Lipinski definition) is 7. The quantitative estimate of drug-likeness (QED) is 0.138. The van der Waals surface area contributed by atoms with E-state index >= 15 is 0 Å². The van der Waals surface area contributed by atoms with Gasteiger partial charge in [0.1, 0.15) is 18.0 Å². The fraction of sp³-hybridized carbons (Fsp3) is 0.500. The van der Waals surface area contributed by atoms with E-state index in [2.05, 4.69) is 26.3 Å². The molecule has 1 fully saturated rings. The van der Waals surface area contributed by atoms with E-state index in [-0.39, 0.29) is 29.7 Å². The summed E-state index contributed by atoms with van der Waals surface area (Å²) in [6, 6.07) is 5.58. The first kappa shape index (κ1) is 26.8. The average Bonchev–Trinajstić information content (AvgIpc) is 2.85. The third-order valence-electron chi connectivity index (χ3n) is 5.85. The van der Waals surface area contributed by atoms with Crippen LogP contribution in [-0.2, 0) is 9.59 Å². The van der Waals surface area contributed by atoms with Gasteiger partial charge in [-0.3, -0.25) is 15.0 Å². The summed E-state index contributed by atoms with van der Waals surface area (Å²) in [6.07, 6.45) is 5.63. The van der Waals surface area contributed by atoms with Gasteiger partial charge in [0.05, 0.1) is 0 Å². The van der Waals surface area contributed by atoms with Crippen molar-refractivity contribution in [1.29, 1.82) is 5.41 Å². The first-order valence-corrected chi connectivity index (χ1v) is 12.2. The van der Waals surface area contributed by atoms with E-state index in [0.29, 0.717) is 61.4 Å². The zero-order valence-corrected chi connectivity index (χ0v) is 20.6. The molecule has 0 unspecified atom stereocenters. The van der Waals surface area contributed by atoms with Crippen LogP contribution in [0.15, 0.2) is 35.2 Å². The Labute approximate surface area is 210 Å². The Hall–Kier alpha value is -3.80. The Morgan fingerprint density at radius 3 is 2.69 bits per heavy atom. The first-order chi connectivity index (χ1) is 17.4. The highest BCUT2D eigenvalue weighted by Crippen LogP contribution is 2.39. The molecule has 0 radical (unpaired) electrons. The number of fused-ring (bicyclic) bond motifs is 1. The van der Waals surface area contributed by atoms with Crippen molar-refractivity contribution in [3.05, 3.63) is 30.2 Å². The predicted molar refractivity (Wildman–Crippen MR) is 138 cm³/mol. The number of aliphatic imine (C=N–C) groups is 1. The summed E-state index contributed by atoms with van der Waals surface area (Å²) in [5.41, 5.74) is 11.4. The van der Waals surface area contributed by atoms with Crippen LogP contribution in [0.1, 0.15) is 39.0 Å². The fourth-order valence-corrected chi connectivity index (χ4v) is 4.08. The van der Waals surface area contributed by atoms with Crippen molar-refractivity contribution in [2.24, 2.45) is 22.4 Å². The zero-order chi connectivity index (χ0) is 25.9. The molecule has 12 nitrogen and oxygen atoms in total. The Balaban J connectivity index is 1.55. The normalized spacial score (nSPS) is 21.1. The molecule has 0 bridgehead atoms. The molecule has 12 heteroatoms. The molecule has 0 saturated heterocycles. The molecule has 3 rings (SSSR count). The molecule has 0 atom stereocenters. The summed E-state index contributed by atoms with van der Waals surface area (Å²) in [5, 5.41) is 19.3. The number of carbonyl (C=O) groups excluding carboxylic acids is 2. The topological polar surface area (TPSA) is 189 Å². The van der Waals surface area contributed by atoms with Gasteiger partial charge in [0, 0.05) is 44.7 Å². The van der Waals surface area contributed by atoms with E-state index in [1.807, 2.05) is 6.07 Å². The summed E-state index contributed by atoms with van der Waals surface area (Å²) in [7, 11) is 0. The third-order valence-corrected chi connectivity index (χ3v) is 5.85. The highest BCUT2D eigenvalue weighted by molar-refractivity contribution is 6.13. The molecule has 1 aliphatic heterocycles. The van der Waals surface area contributed by atoms with Crippen LogP contribution in [-0.4, -0.2) is 55.9 Å². The lowest BCUT2D eigenvalue weighted by Gasteiger charge is -2.29. The van der Waals surface area contributed by atoms with Crippen LogP contribution in [0, 0.1) is 11.3 Å². The van der Waals surface area contributed by atoms with Crippen molar-refractivity contribution in [3.63, 3.8) is 0 Å². The van der Waals surface area contributed by atoms with Gasteiger partial charge < -0.3 is 42.2 Å². The molecule has 36 heavy (non-hydrogen) atoms. The van der Waals surface area contributed by atoms with E-state index in [1.165, 1.54) is 6.92 Å².